The SMILES string of the molecule is c1ccc(-c2cccc(-c3nc4ccc5sc6cccc7c8ccccc8n3c4c5c67)c2)cc1. The first-order valence-corrected chi connectivity index (χ1v) is 12.3. The fraction of sp³-hybridized carbons (Fsp3) is 0. The highest BCUT2D eigenvalue weighted by atomic mass is 32.1. The summed E-state index contributed by atoms with van der Waals surface area (Å²) >= 11 is 1.87. The minimum atomic E-state index is 0.986. The van der Waals surface area contributed by atoms with Crippen molar-refractivity contribution in [1.82, 2.24) is 9.38 Å². The van der Waals surface area contributed by atoms with Gasteiger partial charge in [0.25, 0.3) is 0 Å². The topological polar surface area (TPSA) is 17.3 Å². The first-order valence-electron chi connectivity index (χ1n) is 11.5. The Morgan fingerprint density at radius 2 is 1.29 bits per heavy atom. The number of aromatic nitrogens is 2. The van der Waals surface area contributed by atoms with Gasteiger partial charge in [0.1, 0.15) is 5.82 Å². The zero-order valence-corrected chi connectivity index (χ0v) is 19.0. The van der Waals surface area contributed by atoms with Crippen LogP contribution >= 0.6 is 11.3 Å². The van der Waals surface area contributed by atoms with Crippen LogP contribution in [-0.2, 0) is 0 Å². The average molecular weight is 451 g/mol. The van der Waals surface area contributed by atoms with Gasteiger partial charge in [0.15, 0.2) is 0 Å². The van der Waals surface area contributed by atoms with Crippen LogP contribution in [0.2, 0.25) is 0 Å². The molecule has 3 heterocycles. The van der Waals surface area contributed by atoms with Gasteiger partial charge < -0.3 is 0 Å². The summed E-state index contributed by atoms with van der Waals surface area (Å²) in [5.41, 5.74) is 6.97. The lowest BCUT2D eigenvalue weighted by atomic mass is 10.0. The standard InChI is InChI=1S/C31H18N2S/c1-2-8-19(9-3-1)20-10-6-11-21(18-20)31-32-24-16-17-27-29-28-23(13-7-15-26(28)34-27)22-12-4-5-14-25(22)33(31)30(24)29/h1-18H. The number of imidazole rings is 1. The minimum Gasteiger partial charge on any atom is -0.291 e. The quantitative estimate of drug-likeness (QED) is 0.257. The molecule has 0 radical (unpaired) electrons. The lowest BCUT2D eigenvalue weighted by molar-refractivity contribution is 1.23. The maximum absolute atomic E-state index is 5.22. The molecule has 0 bridgehead atoms. The summed E-state index contributed by atoms with van der Waals surface area (Å²) in [5, 5.41) is 5.23. The van der Waals surface area contributed by atoms with Gasteiger partial charge >= 0.3 is 0 Å². The highest BCUT2D eigenvalue weighted by molar-refractivity contribution is 7.26. The molecule has 0 aliphatic carbocycles. The summed E-state index contributed by atoms with van der Waals surface area (Å²) in [4.78, 5) is 5.22. The van der Waals surface area contributed by atoms with Gasteiger partial charge in [0.05, 0.1) is 16.6 Å². The Labute approximate surface area is 199 Å². The predicted octanol–water partition coefficient (Wildman–Crippen LogP) is 8.78. The van der Waals surface area contributed by atoms with Crippen molar-refractivity contribution in [3.05, 3.63) is 109 Å². The second kappa shape index (κ2) is 6.66. The van der Waals surface area contributed by atoms with E-state index in [9.17, 15) is 0 Å². The highest BCUT2D eigenvalue weighted by Gasteiger charge is 2.21. The van der Waals surface area contributed by atoms with E-state index < -0.39 is 0 Å². The molecule has 34 heavy (non-hydrogen) atoms. The van der Waals surface area contributed by atoms with Gasteiger partial charge in [-0.15, -0.1) is 11.3 Å². The van der Waals surface area contributed by atoms with E-state index in [2.05, 4.69) is 114 Å². The molecule has 0 aliphatic heterocycles. The average Bonchev–Trinajstić information content (AvgIpc) is 3.44. The Morgan fingerprint density at radius 1 is 0.559 bits per heavy atom. The molecular weight excluding hydrogens is 432 g/mol. The number of fused-ring (bicyclic) bond motifs is 3. The molecule has 0 saturated heterocycles. The Hall–Kier alpha value is -4.21. The largest absolute Gasteiger partial charge is 0.291 e. The zero-order valence-electron chi connectivity index (χ0n) is 18.2. The van der Waals surface area contributed by atoms with Crippen LogP contribution in [0.4, 0.5) is 0 Å². The maximum Gasteiger partial charge on any atom is 0.145 e. The molecule has 0 atom stereocenters. The van der Waals surface area contributed by atoms with E-state index in [1.807, 2.05) is 11.3 Å². The molecule has 158 valence electrons. The second-order valence-electron chi connectivity index (χ2n) is 8.82. The molecule has 8 aromatic rings. The normalized spacial score (nSPS) is 12.1. The molecule has 0 amide bonds. The Morgan fingerprint density at radius 3 is 2.24 bits per heavy atom. The van der Waals surface area contributed by atoms with Gasteiger partial charge in [0, 0.05) is 31.1 Å². The summed E-state index contributed by atoms with van der Waals surface area (Å²) < 4.78 is 5.04. The molecule has 3 aromatic heterocycles. The summed E-state index contributed by atoms with van der Waals surface area (Å²) in [6, 6.07) is 39.2. The molecule has 5 aromatic carbocycles. The molecule has 0 spiro atoms. The smallest absolute Gasteiger partial charge is 0.145 e. The highest BCUT2D eigenvalue weighted by Crippen LogP contribution is 2.44. The maximum atomic E-state index is 5.22. The van der Waals surface area contributed by atoms with Crippen LogP contribution in [0.25, 0.3) is 70.0 Å². The van der Waals surface area contributed by atoms with Crippen molar-refractivity contribution < 1.29 is 0 Å². The van der Waals surface area contributed by atoms with E-state index in [1.54, 1.807) is 0 Å². The van der Waals surface area contributed by atoms with Gasteiger partial charge in [-0.25, -0.2) is 4.98 Å². The number of para-hydroxylation sites is 1. The second-order valence-corrected chi connectivity index (χ2v) is 9.91. The molecule has 0 aliphatic rings. The van der Waals surface area contributed by atoms with Crippen LogP contribution in [0.3, 0.4) is 0 Å². The third kappa shape index (κ3) is 2.37. The molecule has 8 rings (SSSR count). The monoisotopic (exact) mass is 450 g/mol. The number of hydrogen-bond donors (Lipinski definition) is 0. The lowest BCUT2D eigenvalue weighted by Crippen LogP contribution is -1.91. The Balaban J connectivity index is 1.59. The number of rotatable bonds is 2. The number of nitrogens with zero attached hydrogens (tertiary/aromatic N) is 2. The summed E-state index contributed by atoms with van der Waals surface area (Å²) in [7, 11) is 0. The van der Waals surface area contributed by atoms with Crippen molar-refractivity contribution in [2.24, 2.45) is 0 Å². The van der Waals surface area contributed by atoms with Gasteiger partial charge in [-0.05, 0) is 46.8 Å². The van der Waals surface area contributed by atoms with E-state index in [-0.39, 0.29) is 0 Å². The zero-order chi connectivity index (χ0) is 22.2. The molecule has 0 fully saturated rings. The van der Waals surface area contributed by atoms with Crippen molar-refractivity contribution in [3.63, 3.8) is 0 Å². The van der Waals surface area contributed by atoms with E-state index in [0.717, 1.165) is 16.9 Å². The minimum absolute atomic E-state index is 0.986. The predicted molar refractivity (Wildman–Crippen MR) is 145 cm³/mol. The fourth-order valence-corrected chi connectivity index (χ4v) is 6.62. The summed E-state index contributed by atoms with van der Waals surface area (Å²) in [6.07, 6.45) is 0. The lowest BCUT2D eigenvalue weighted by Gasteiger charge is -2.07. The van der Waals surface area contributed by atoms with Gasteiger partial charge in [-0.2, -0.15) is 0 Å². The van der Waals surface area contributed by atoms with Crippen LogP contribution in [0.5, 0.6) is 0 Å². The van der Waals surface area contributed by atoms with Crippen LogP contribution in [0.1, 0.15) is 0 Å². The van der Waals surface area contributed by atoms with Crippen molar-refractivity contribution in [1.29, 1.82) is 0 Å². The van der Waals surface area contributed by atoms with Crippen molar-refractivity contribution in [2.75, 3.05) is 0 Å². The van der Waals surface area contributed by atoms with E-state index >= 15 is 0 Å². The van der Waals surface area contributed by atoms with Gasteiger partial charge in [-0.3, -0.25) is 4.40 Å². The molecular formula is C31H18N2S. The third-order valence-electron chi connectivity index (χ3n) is 6.94. The third-order valence-corrected chi connectivity index (χ3v) is 8.06. The van der Waals surface area contributed by atoms with Crippen molar-refractivity contribution in [3.8, 4) is 22.5 Å². The first kappa shape index (κ1) is 18.2. The van der Waals surface area contributed by atoms with Crippen molar-refractivity contribution in [2.45, 2.75) is 0 Å². The molecule has 0 unspecified atom stereocenters. The number of thiophene rings is 1. The number of hydrogen-bond acceptors (Lipinski definition) is 2. The van der Waals surface area contributed by atoms with Crippen LogP contribution in [-0.4, -0.2) is 9.38 Å². The van der Waals surface area contributed by atoms with E-state index in [1.165, 1.54) is 53.1 Å². The van der Waals surface area contributed by atoms with Gasteiger partial charge in [0.2, 0.25) is 0 Å². The fourth-order valence-electron chi connectivity index (χ4n) is 5.48. The van der Waals surface area contributed by atoms with Crippen LogP contribution in [0, 0.1) is 0 Å². The number of benzene rings is 5. The molecule has 0 N–H and O–H groups in total. The van der Waals surface area contributed by atoms with Crippen molar-refractivity contribution >= 4 is 58.8 Å². The van der Waals surface area contributed by atoms with E-state index in [4.69, 9.17) is 4.98 Å². The summed E-state index contributed by atoms with van der Waals surface area (Å²) in [5.74, 6) is 0.986. The molecule has 0 saturated carbocycles. The van der Waals surface area contributed by atoms with Gasteiger partial charge in [-0.1, -0.05) is 78.9 Å². The van der Waals surface area contributed by atoms with Crippen LogP contribution in [0.15, 0.2) is 109 Å². The Bertz CT molecular complexity index is 2010. The molecule has 3 heteroatoms. The first-order chi connectivity index (χ1) is 16.9. The molecule has 2 nitrogen and oxygen atoms in total. The van der Waals surface area contributed by atoms with E-state index in [0.29, 0.717) is 0 Å². The summed E-state index contributed by atoms with van der Waals surface area (Å²) in [6.45, 7) is 0. The Kier molecular flexibility index (Phi) is 3.57. The van der Waals surface area contributed by atoms with Crippen LogP contribution < -0.4 is 0 Å².